The predicted molar refractivity (Wildman–Crippen MR) is 170 cm³/mol. The molecule has 3 aromatic heterocycles. The predicted octanol–water partition coefficient (Wildman–Crippen LogP) is 5.57. The molecule has 8 nitrogen and oxygen atoms in total. The molecule has 4 heterocycles. The van der Waals surface area contributed by atoms with Crippen LogP contribution in [0.15, 0.2) is 91.3 Å². The van der Waals surface area contributed by atoms with Gasteiger partial charge in [0.15, 0.2) is 5.82 Å². The Balaban J connectivity index is 1.25. The van der Waals surface area contributed by atoms with Gasteiger partial charge in [0.05, 0.1) is 12.6 Å². The van der Waals surface area contributed by atoms with Crippen molar-refractivity contribution in [2.45, 2.75) is 50.7 Å². The van der Waals surface area contributed by atoms with Crippen LogP contribution in [0, 0.1) is 0 Å². The van der Waals surface area contributed by atoms with Gasteiger partial charge in [0.1, 0.15) is 5.82 Å². The van der Waals surface area contributed by atoms with Gasteiger partial charge in [0.2, 0.25) is 6.41 Å². The zero-order valence-electron chi connectivity index (χ0n) is 24.2. The molecule has 1 saturated heterocycles. The van der Waals surface area contributed by atoms with Gasteiger partial charge in [-0.15, -0.1) is 10.2 Å². The quantitative estimate of drug-likeness (QED) is 0.177. The van der Waals surface area contributed by atoms with Crippen LogP contribution in [0.5, 0.6) is 0 Å². The largest absolute Gasteiger partial charge is 0.361 e. The Kier molecular flexibility index (Phi) is 7.75. The summed E-state index contributed by atoms with van der Waals surface area (Å²) in [5.41, 5.74) is 6.12. The van der Waals surface area contributed by atoms with Crippen molar-refractivity contribution in [1.29, 1.82) is 0 Å². The molecule has 1 fully saturated rings. The highest BCUT2D eigenvalue weighted by atomic mass is 16.1. The summed E-state index contributed by atoms with van der Waals surface area (Å²) >= 11 is 0. The molecule has 0 saturated carbocycles. The number of para-hydroxylation sites is 2. The molecule has 1 atom stereocenters. The van der Waals surface area contributed by atoms with Gasteiger partial charge >= 0.3 is 0 Å². The number of nitrogens with one attached hydrogen (secondary N) is 3. The Morgan fingerprint density at radius 3 is 2.19 bits per heavy atom. The van der Waals surface area contributed by atoms with E-state index >= 15 is 0 Å². The average Bonchev–Trinajstić information content (AvgIpc) is 3.77. The summed E-state index contributed by atoms with van der Waals surface area (Å²) in [6, 6.07) is 27.8. The SMILES string of the molecule is O=CNC1CCN([C@H](Cc2c[nH]c3ccccc23)c2nnc(CCc3c[nH]c4ccccc34)n2Cc2ccccc2)CC1. The average molecular weight is 572 g/mol. The number of aromatic nitrogens is 5. The third kappa shape index (κ3) is 5.70. The zero-order valence-corrected chi connectivity index (χ0v) is 24.2. The summed E-state index contributed by atoms with van der Waals surface area (Å²) < 4.78 is 2.36. The number of rotatable bonds is 11. The van der Waals surface area contributed by atoms with Gasteiger partial charge in [-0.05, 0) is 54.5 Å². The number of aromatic amines is 2. The molecule has 8 heteroatoms. The molecule has 218 valence electrons. The number of hydrogen-bond donors (Lipinski definition) is 3. The third-order valence-corrected chi connectivity index (χ3v) is 8.99. The molecule has 7 rings (SSSR count). The van der Waals surface area contributed by atoms with Crippen LogP contribution in [0.4, 0.5) is 0 Å². The van der Waals surface area contributed by atoms with Crippen LogP contribution in [0.3, 0.4) is 0 Å². The lowest BCUT2D eigenvalue weighted by molar-refractivity contribution is -0.110. The molecule has 0 spiro atoms. The molecule has 1 aliphatic heterocycles. The molecule has 43 heavy (non-hydrogen) atoms. The molecule has 1 aliphatic rings. The van der Waals surface area contributed by atoms with Crippen LogP contribution in [-0.2, 0) is 30.6 Å². The minimum absolute atomic E-state index is 0.0504. The minimum atomic E-state index is 0.0504. The number of aryl methyl sites for hydroxylation is 2. The van der Waals surface area contributed by atoms with E-state index in [1.54, 1.807) is 0 Å². The zero-order chi connectivity index (χ0) is 29.0. The van der Waals surface area contributed by atoms with E-state index in [0.29, 0.717) is 0 Å². The fourth-order valence-electron chi connectivity index (χ4n) is 6.67. The van der Waals surface area contributed by atoms with E-state index in [4.69, 9.17) is 10.2 Å². The molecule has 6 aromatic rings. The molecule has 0 unspecified atom stereocenters. The highest BCUT2D eigenvalue weighted by Gasteiger charge is 2.31. The lowest BCUT2D eigenvalue weighted by Crippen LogP contribution is -2.44. The van der Waals surface area contributed by atoms with Crippen LogP contribution in [-0.4, -0.2) is 55.2 Å². The van der Waals surface area contributed by atoms with E-state index in [1.165, 1.54) is 27.5 Å². The normalized spacial score (nSPS) is 15.3. The first-order chi connectivity index (χ1) is 21.3. The van der Waals surface area contributed by atoms with Crippen molar-refractivity contribution >= 4 is 28.2 Å². The van der Waals surface area contributed by atoms with Crippen molar-refractivity contribution in [3.63, 3.8) is 0 Å². The standard InChI is InChI=1S/C35H37N7O/c43-24-38-28-16-18-41(19-17-28)33(20-27-22-37-32-13-7-5-11-30(27)32)35-40-39-34(42(35)23-25-8-2-1-3-9-25)15-14-26-21-36-31-12-6-4-10-29(26)31/h1-13,21-22,24,28,33,36-37H,14-20,23H2,(H,38,43)/t33-/m1/s1. The van der Waals surface area contributed by atoms with E-state index < -0.39 is 0 Å². The molecular formula is C35H37N7O. The number of nitrogens with zero attached hydrogens (tertiary/aromatic N) is 4. The Bertz CT molecular complexity index is 1810. The fourth-order valence-corrected chi connectivity index (χ4v) is 6.67. The van der Waals surface area contributed by atoms with Crippen LogP contribution in [0.1, 0.15) is 47.2 Å². The van der Waals surface area contributed by atoms with Crippen molar-refractivity contribution in [3.8, 4) is 0 Å². The van der Waals surface area contributed by atoms with Crippen LogP contribution in [0.2, 0.25) is 0 Å². The molecule has 0 aliphatic carbocycles. The number of carbonyl (C=O) groups excluding carboxylic acids is 1. The van der Waals surface area contributed by atoms with Crippen molar-refractivity contribution in [1.82, 2.24) is 34.9 Å². The molecular weight excluding hydrogens is 534 g/mol. The summed E-state index contributed by atoms with van der Waals surface area (Å²) in [6.07, 6.45) is 9.45. The van der Waals surface area contributed by atoms with Crippen molar-refractivity contribution in [3.05, 3.63) is 120 Å². The maximum absolute atomic E-state index is 11.1. The fraction of sp³-hybridized carbons (Fsp3) is 0.286. The molecule has 0 radical (unpaired) electrons. The van der Waals surface area contributed by atoms with Crippen LogP contribution in [0.25, 0.3) is 21.8 Å². The van der Waals surface area contributed by atoms with Gasteiger partial charge in [-0.3, -0.25) is 9.69 Å². The lowest BCUT2D eigenvalue weighted by atomic mass is 9.98. The second kappa shape index (κ2) is 12.3. The van der Waals surface area contributed by atoms with Gasteiger partial charge in [0.25, 0.3) is 0 Å². The van der Waals surface area contributed by atoms with Crippen molar-refractivity contribution < 1.29 is 4.79 Å². The molecule has 0 bridgehead atoms. The number of fused-ring (bicyclic) bond motifs is 2. The van der Waals surface area contributed by atoms with Gasteiger partial charge < -0.3 is 19.9 Å². The first-order valence-electron chi connectivity index (χ1n) is 15.3. The van der Waals surface area contributed by atoms with Gasteiger partial charge in [-0.2, -0.15) is 0 Å². The molecule has 3 aromatic carbocycles. The number of hydrogen-bond acceptors (Lipinski definition) is 4. The Labute approximate surface area is 251 Å². The Morgan fingerprint density at radius 1 is 0.814 bits per heavy atom. The van der Waals surface area contributed by atoms with E-state index in [2.05, 4.69) is 116 Å². The Morgan fingerprint density at radius 2 is 1.47 bits per heavy atom. The first-order valence-corrected chi connectivity index (χ1v) is 15.3. The van der Waals surface area contributed by atoms with E-state index in [9.17, 15) is 4.79 Å². The topological polar surface area (TPSA) is 94.6 Å². The molecule has 3 N–H and O–H groups in total. The second-order valence-corrected chi connectivity index (χ2v) is 11.6. The van der Waals surface area contributed by atoms with Gasteiger partial charge in [-0.25, -0.2) is 0 Å². The third-order valence-electron chi connectivity index (χ3n) is 8.99. The maximum Gasteiger partial charge on any atom is 0.207 e. The summed E-state index contributed by atoms with van der Waals surface area (Å²) in [7, 11) is 0. The summed E-state index contributed by atoms with van der Waals surface area (Å²) in [5, 5.41) is 15.3. The smallest absolute Gasteiger partial charge is 0.207 e. The van der Waals surface area contributed by atoms with Crippen LogP contribution >= 0.6 is 0 Å². The number of carbonyl (C=O) groups is 1. The van der Waals surface area contributed by atoms with Crippen molar-refractivity contribution in [2.75, 3.05) is 13.1 Å². The number of benzene rings is 3. The maximum atomic E-state index is 11.1. The second-order valence-electron chi connectivity index (χ2n) is 11.6. The van der Waals surface area contributed by atoms with Gasteiger partial charge in [0, 0.05) is 59.8 Å². The Hall–Kier alpha value is -4.69. The number of likely N-dealkylation sites (tertiary alicyclic amines) is 1. The number of amides is 1. The van der Waals surface area contributed by atoms with E-state index in [0.717, 1.165) is 80.8 Å². The van der Waals surface area contributed by atoms with Gasteiger partial charge in [-0.1, -0.05) is 66.7 Å². The minimum Gasteiger partial charge on any atom is -0.361 e. The summed E-state index contributed by atoms with van der Waals surface area (Å²) in [4.78, 5) is 20.6. The lowest BCUT2D eigenvalue weighted by Gasteiger charge is -2.37. The van der Waals surface area contributed by atoms with Crippen molar-refractivity contribution in [2.24, 2.45) is 0 Å². The number of H-pyrrole nitrogens is 2. The highest BCUT2D eigenvalue weighted by molar-refractivity contribution is 5.83. The van der Waals surface area contributed by atoms with E-state index in [-0.39, 0.29) is 12.1 Å². The van der Waals surface area contributed by atoms with E-state index in [1.807, 2.05) is 0 Å². The number of piperidine rings is 1. The first kappa shape index (κ1) is 27.2. The summed E-state index contributed by atoms with van der Waals surface area (Å²) in [6.45, 7) is 2.50. The van der Waals surface area contributed by atoms with Crippen LogP contribution < -0.4 is 5.32 Å². The highest BCUT2D eigenvalue weighted by Crippen LogP contribution is 2.31. The monoisotopic (exact) mass is 571 g/mol. The summed E-state index contributed by atoms with van der Waals surface area (Å²) in [5.74, 6) is 2.01. The molecule has 1 amide bonds.